The summed E-state index contributed by atoms with van der Waals surface area (Å²) in [6, 6.07) is 4.99. The van der Waals surface area contributed by atoms with Crippen LogP contribution in [-0.2, 0) is 10.8 Å². The molecule has 0 saturated heterocycles. The fourth-order valence-corrected chi connectivity index (χ4v) is 1.60. The zero-order chi connectivity index (χ0) is 12.7. The monoisotopic (exact) mass is 255 g/mol. The minimum Gasteiger partial charge on any atom is -0.338 e. The van der Waals surface area contributed by atoms with Gasteiger partial charge >= 0.3 is 6.03 Å². The number of nitrogens with one attached hydrogen (secondary N) is 2. The quantitative estimate of drug-likeness (QED) is 0.834. The van der Waals surface area contributed by atoms with Crippen molar-refractivity contribution in [1.82, 2.24) is 10.3 Å². The van der Waals surface area contributed by atoms with Gasteiger partial charge in [0.1, 0.15) is 5.82 Å². The lowest BCUT2D eigenvalue weighted by Crippen LogP contribution is -2.31. The van der Waals surface area contributed by atoms with Crippen LogP contribution in [0.3, 0.4) is 0 Å². The van der Waals surface area contributed by atoms with Gasteiger partial charge in [-0.05, 0) is 18.6 Å². The van der Waals surface area contributed by atoms with Crippen molar-refractivity contribution in [2.24, 2.45) is 0 Å². The molecule has 0 bridgehead atoms. The van der Waals surface area contributed by atoms with Crippen molar-refractivity contribution >= 4 is 22.6 Å². The summed E-state index contributed by atoms with van der Waals surface area (Å²) in [4.78, 5) is 15.4. The Morgan fingerprint density at radius 2 is 2.29 bits per heavy atom. The molecule has 0 radical (unpaired) electrons. The Kier molecular flexibility index (Phi) is 5.62. The van der Waals surface area contributed by atoms with Crippen molar-refractivity contribution in [1.29, 1.82) is 0 Å². The van der Waals surface area contributed by atoms with E-state index in [-0.39, 0.29) is 11.3 Å². The van der Waals surface area contributed by atoms with E-state index >= 15 is 0 Å². The molecule has 0 aromatic carbocycles. The number of anilines is 1. The number of carbonyl (C=O) groups excluding carboxylic acids is 1. The minimum atomic E-state index is -0.847. The number of hydrogen-bond donors (Lipinski definition) is 2. The van der Waals surface area contributed by atoms with Crippen molar-refractivity contribution in [3.63, 3.8) is 0 Å². The molecule has 0 aliphatic carbocycles. The van der Waals surface area contributed by atoms with Gasteiger partial charge in [-0.2, -0.15) is 0 Å². The number of carbonyl (C=O) groups is 1. The molecular formula is C11H17N3O2S. The topological polar surface area (TPSA) is 71.1 Å². The molecule has 1 rings (SSSR count). The zero-order valence-corrected chi connectivity index (χ0v) is 10.8. The second-order valence-electron chi connectivity index (χ2n) is 3.69. The summed E-state index contributed by atoms with van der Waals surface area (Å²) < 4.78 is 11.1. The van der Waals surface area contributed by atoms with Crippen LogP contribution < -0.4 is 10.6 Å². The lowest BCUT2D eigenvalue weighted by atomic mass is 10.3. The van der Waals surface area contributed by atoms with E-state index in [1.54, 1.807) is 30.7 Å². The molecular weight excluding hydrogens is 238 g/mol. The molecule has 2 atom stereocenters. The second kappa shape index (κ2) is 7.01. The van der Waals surface area contributed by atoms with Crippen LogP contribution in [0.25, 0.3) is 0 Å². The van der Waals surface area contributed by atoms with E-state index < -0.39 is 10.8 Å². The van der Waals surface area contributed by atoms with Crippen LogP contribution in [0.15, 0.2) is 24.4 Å². The molecule has 6 heteroatoms. The van der Waals surface area contributed by atoms with E-state index in [1.807, 2.05) is 6.92 Å². The van der Waals surface area contributed by atoms with Crippen LogP contribution >= 0.6 is 0 Å². The number of nitrogens with zero attached hydrogens (tertiary/aromatic N) is 1. The molecule has 0 aliphatic heterocycles. The molecule has 0 saturated carbocycles. The van der Waals surface area contributed by atoms with Gasteiger partial charge in [-0.25, -0.2) is 9.78 Å². The van der Waals surface area contributed by atoms with Crippen LogP contribution in [0.2, 0.25) is 0 Å². The molecule has 1 aromatic rings. The van der Waals surface area contributed by atoms with Crippen molar-refractivity contribution in [3.05, 3.63) is 24.4 Å². The molecule has 1 aromatic heterocycles. The van der Waals surface area contributed by atoms with Gasteiger partial charge in [-0.1, -0.05) is 13.0 Å². The first-order valence-corrected chi connectivity index (χ1v) is 7.00. The van der Waals surface area contributed by atoms with E-state index in [0.29, 0.717) is 18.8 Å². The van der Waals surface area contributed by atoms with Crippen molar-refractivity contribution in [3.8, 4) is 0 Å². The third-order valence-corrected chi connectivity index (χ3v) is 3.68. The summed E-state index contributed by atoms with van der Waals surface area (Å²) in [5.41, 5.74) is 0. The van der Waals surface area contributed by atoms with Gasteiger partial charge in [0.2, 0.25) is 0 Å². The highest BCUT2D eigenvalue weighted by Crippen LogP contribution is 2.00. The maximum atomic E-state index is 11.4. The lowest BCUT2D eigenvalue weighted by molar-refractivity contribution is 0.252. The standard InChI is InChI=1S/C11H17N3O2S/c1-9(17(2)16)6-8-13-11(15)14-10-5-3-4-7-12-10/h3-5,7,9H,6,8H2,1-2H3,(H2,12,13,14,15)/t9-,17-/m1/s1. The molecule has 0 aliphatic rings. The SMILES string of the molecule is C[C@H](CCNC(=O)Nc1ccccn1)[S@@](C)=O. The molecule has 2 N–H and O–H groups in total. The first-order valence-electron chi connectivity index (χ1n) is 5.37. The highest BCUT2D eigenvalue weighted by Gasteiger charge is 2.07. The smallest absolute Gasteiger partial charge is 0.320 e. The molecule has 0 unspecified atom stereocenters. The molecule has 94 valence electrons. The van der Waals surface area contributed by atoms with Gasteiger partial charge in [0.15, 0.2) is 0 Å². The fraction of sp³-hybridized carbons (Fsp3) is 0.455. The lowest BCUT2D eigenvalue weighted by Gasteiger charge is -2.09. The second-order valence-corrected chi connectivity index (χ2v) is 5.50. The number of rotatable bonds is 5. The molecule has 17 heavy (non-hydrogen) atoms. The van der Waals surface area contributed by atoms with Crippen molar-refractivity contribution in [2.45, 2.75) is 18.6 Å². The Hall–Kier alpha value is -1.43. The number of aromatic nitrogens is 1. The highest BCUT2D eigenvalue weighted by molar-refractivity contribution is 7.84. The normalized spacial score (nSPS) is 13.8. The summed E-state index contributed by atoms with van der Waals surface area (Å²) in [6.07, 6.45) is 3.97. The number of hydrogen-bond acceptors (Lipinski definition) is 3. The molecule has 2 amide bonds. The van der Waals surface area contributed by atoms with Crippen LogP contribution in [0.1, 0.15) is 13.3 Å². The average molecular weight is 255 g/mol. The Labute approximate surface area is 103 Å². The summed E-state index contributed by atoms with van der Waals surface area (Å²) >= 11 is 0. The van der Waals surface area contributed by atoms with E-state index in [2.05, 4.69) is 15.6 Å². The number of urea groups is 1. The first kappa shape index (κ1) is 13.6. The van der Waals surface area contributed by atoms with Gasteiger partial charge in [0.25, 0.3) is 0 Å². The van der Waals surface area contributed by atoms with E-state index in [0.717, 1.165) is 0 Å². The largest absolute Gasteiger partial charge is 0.338 e. The predicted molar refractivity (Wildman–Crippen MR) is 69.4 cm³/mol. The van der Waals surface area contributed by atoms with Gasteiger partial charge in [0.05, 0.1) is 0 Å². The summed E-state index contributed by atoms with van der Waals surface area (Å²) in [5, 5.41) is 5.39. The van der Waals surface area contributed by atoms with Gasteiger partial charge in [0, 0.05) is 35.0 Å². The Balaban J connectivity index is 2.25. The van der Waals surface area contributed by atoms with Gasteiger partial charge in [-0.3, -0.25) is 9.53 Å². The minimum absolute atomic E-state index is 0.0881. The Morgan fingerprint density at radius 1 is 1.53 bits per heavy atom. The molecule has 0 spiro atoms. The van der Waals surface area contributed by atoms with Crippen LogP contribution in [-0.4, -0.2) is 33.3 Å². The summed E-state index contributed by atoms with van der Waals surface area (Å²) in [6.45, 7) is 2.40. The Bertz CT molecular complexity index is 384. The van der Waals surface area contributed by atoms with E-state index in [9.17, 15) is 9.00 Å². The van der Waals surface area contributed by atoms with Crippen LogP contribution in [0, 0.1) is 0 Å². The summed E-state index contributed by atoms with van der Waals surface area (Å²) in [7, 11) is -0.847. The maximum Gasteiger partial charge on any atom is 0.320 e. The maximum absolute atomic E-state index is 11.4. The van der Waals surface area contributed by atoms with Crippen molar-refractivity contribution < 1.29 is 9.00 Å². The fourth-order valence-electron chi connectivity index (χ4n) is 1.15. The number of amides is 2. The van der Waals surface area contributed by atoms with Crippen LogP contribution in [0.4, 0.5) is 10.6 Å². The highest BCUT2D eigenvalue weighted by atomic mass is 32.2. The van der Waals surface area contributed by atoms with E-state index in [1.165, 1.54) is 0 Å². The predicted octanol–water partition coefficient (Wildman–Crippen LogP) is 1.36. The zero-order valence-electron chi connectivity index (χ0n) is 9.97. The summed E-state index contributed by atoms with van der Waals surface area (Å²) in [5.74, 6) is 0.511. The molecule has 5 nitrogen and oxygen atoms in total. The first-order chi connectivity index (χ1) is 8.09. The molecule has 0 fully saturated rings. The van der Waals surface area contributed by atoms with Gasteiger partial charge in [-0.15, -0.1) is 0 Å². The van der Waals surface area contributed by atoms with E-state index in [4.69, 9.17) is 0 Å². The average Bonchev–Trinajstić information content (AvgIpc) is 2.30. The number of pyridine rings is 1. The molecule has 1 heterocycles. The third kappa shape index (κ3) is 5.44. The van der Waals surface area contributed by atoms with Gasteiger partial charge < -0.3 is 5.32 Å². The van der Waals surface area contributed by atoms with Crippen LogP contribution in [0.5, 0.6) is 0 Å². The van der Waals surface area contributed by atoms with Crippen molar-refractivity contribution in [2.75, 3.05) is 18.1 Å². The Morgan fingerprint density at radius 3 is 2.88 bits per heavy atom. The third-order valence-electron chi connectivity index (χ3n) is 2.31.